The molecule has 0 aliphatic carbocycles. The molecule has 2 atom stereocenters. The number of nitrogens with zero attached hydrogens (tertiary/aromatic N) is 3. The van der Waals surface area contributed by atoms with E-state index in [0.29, 0.717) is 35.0 Å². The van der Waals surface area contributed by atoms with Crippen molar-refractivity contribution in [2.75, 3.05) is 13.1 Å². The second kappa shape index (κ2) is 11.3. The first kappa shape index (κ1) is 30.8. The minimum Gasteiger partial charge on any atom is -0.478 e. The van der Waals surface area contributed by atoms with Crippen LogP contribution in [-0.4, -0.2) is 62.9 Å². The van der Waals surface area contributed by atoms with Gasteiger partial charge in [0.1, 0.15) is 11.3 Å². The van der Waals surface area contributed by atoms with Gasteiger partial charge in [0.25, 0.3) is 5.91 Å². The van der Waals surface area contributed by atoms with Crippen LogP contribution >= 0.6 is 23.2 Å². The Morgan fingerprint density at radius 2 is 1.66 bits per heavy atom. The summed E-state index contributed by atoms with van der Waals surface area (Å²) in [5, 5.41) is 10.2. The highest BCUT2D eigenvalue weighted by Crippen LogP contribution is 2.44. The molecule has 1 unspecified atom stereocenters. The Morgan fingerprint density at radius 3 is 2.20 bits per heavy atom. The lowest BCUT2D eigenvalue weighted by molar-refractivity contribution is -0.131. The van der Waals surface area contributed by atoms with Crippen molar-refractivity contribution in [1.29, 1.82) is 0 Å². The number of aliphatic imine (C=N–C) groups is 1. The molecule has 2 aromatic carbocycles. The Labute approximate surface area is 251 Å². The van der Waals surface area contributed by atoms with E-state index in [-0.39, 0.29) is 29.1 Å². The average molecular weight is 603 g/mol. The van der Waals surface area contributed by atoms with Gasteiger partial charge < -0.3 is 19.6 Å². The number of amides is 2. The van der Waals surface area contributed by atoms with Crippen molar-refractivity contribution in [2.45, 2.75) is 78.1 Å². The second-order valence-electron chi connectivity index (χ2n) is 13.0. The first-order chi connectivity index (χ1) is 19.0. The van der Waals surface area contributed by atoms with Crippen molar-refractivity contribution in [3.05, 3.63) is 69.2 Å². The number of ether oxygens (including phenoxy) is 1. The second-order valence-corrected chi connectivity index (χ2v) is 13.8. The molecule has 8 nitrogen and oxygen atoms in total. The monoisotopic (exact) mass is 601 g/mol. The molecule has 4 rings (SSSR count). The molecule has 1 fully saturated rings. The van der Waals surface area contributed by atoms with Crippen molar-refractivity contribution in [3.8, 4) is 0 Å². The molecular weight excluding hydrogens is 565 g/mol. The van der Waals surface area contributed by atoms with E-state index in [4.69, 9.17) is 32.9 Å². The van der Waals surface area contributed by atoms with Gasteiger partial charge in [0.2, 0.25) is 0 Å². The van der Waals surface area contributed by atoms with Crippen LogP contribution in [0.1, 0.15) is 88.3 Å². The number of hydrogen-bond donors (Lipinski definition) is 1. The van der Waals surface area contributed by atoms with Crippen LogP contribution in [-0.2, 0) is 9.53 Å². The maximum absolute atomic E-state index is 14.4. The van der Waals surface area contributed by atoms with Crippen molar-refractivity contribution in [3.63, 3.8) is 0 Å². The molecule has 2 heterocycles. The summed E-state index contributed by atoms with van der Waals surface area (Å²) < 4.78 is 5.65. The van der Waals surface area contributed by atoms with Crippen molar-refractivity contribution in [2.24, 2.45) is 10.4 Å². The lowest BCUT2D eigenvalue weighted by Crippen LogP contribution is -2.51. The molecule has 0 saturated carbocycles. The Hall–Kier alpha value is -3.10. The third kappa shape index (κ3) is 7.04. The number of likely N-dealkylation sites (tertiary alicyclic amines) is 1. The van der Waals surface area contributed by atoms with E-state index < -0.39 is 29.4 Å². The third-order valence-electron chi connectivity index (χ3n) is 7.23. The number of carboxylic acid groups (broad SMARTS) is 1. The minimum atomic E-state index is -1.05. The Kier molecular flexibility index (Phi) is 8.50. The lowest BCUT2D eigenvalue weighted by atomic mass is 9.85. The van der Waals surface area contributed by atoms with E-state index in [1.165, 1.54) is 0 Å². The minimum absolute atomic E-state index is 0.0302. The highest BCUT2D eigenvalue weighted by molar-refractivity contribution is 6.48. The van der Waals surface area contributed by atoms with E-state index in [1.54, 1.807) is 52.3 Å². The topological polar surface area (TPSA) is 99.5 Å². The van der Waals surface area contributed by atoms with Gasteiger partial charge in [0.05, 0.1) is 18.2 Å². The zero-order valence-electron chi connectivity index (χ0n) is 24.3. The van der Waals surface area contributed by atoms with Crippen molar-refractivity contribution >= 4 is 46.9 Å². The summed E-state index contributed by atoms with van der Waals surface area (Å²) in [5.41, 5.74) is -0.0739. The summed E-state index contributed by atoms with van der Waals surface area (Å²) in [7, 11) is 0. The fraction of sp³-hybridized carbons (Fsp3) is 0.484. The summed E-state index contributed by atoms with van der Waals surface area (Å²) in [6, 6.07) is 11.1. The van der Waals surface area contributed by atoms with Gasteiger partial charge in [0.15, 0.2) is 5.66 Å². The summed E-state index contributed by atoms with van der Waals surface area (Å²) in [6.45, 7) is 12.3. The van der Waals surface area contributed by atoms with E-state index in [1.807, 2.05) is 20.8 Å². The number of halogens is 2. The largest absolute Gasteiger partial charge is 0.478 e. The van der Waals surface area contributed by atoms with Gasteiger partial charge >= 0.3 is 12.1 Å². The van der Waals surface area contributed by atoms with Gasteiger partial charge in [-0.2, -0.15) is 0 Å². The molecule has 41 heavy (non-hydrogen) atoms. The van der Waals surface area contributed by atoms with Crippen molar-refractivity contribution in [1.82, 2.24) is 9.80 Å². The standard InChI is InChI=1S/C31H37Cl2N3O5/c1-29(2,3)12-11-24(19-7-9-20(10-8-19)27(38)39)36-26(37)25(21-15-22(32)17-23(33)16-21)34-31(36)13-14-35(18-31)28(40)41-30(4,5)6/h7-10,15-17,24H,11-14,18H2,1-6H3,(H,38,39)/t24-,31?/m1/s1. The lowest BCUT2D eigenvalue weighted by Gasteiger charge is -2.40. The molecule has 220 valence electrons. The molecule has 2 aromatic rings. The molecule has 1 spiro atoms. The van der Waals surface area contributed by atoms with E-state index in [2.05, 4.69) is 20.8 Å². The van der Waals surface area contributed by atoms with Crippen molar-refractivity contribution < 1.29 is 24.2 Å². The first-order valence-corrected chi connectivity index (χ1v) is 14.4. The predicted molar refractivity (Wildman–Crippen MR) is 160 cm³/mol. The van der Waals surface area contributed by atoms with Gasteiger partial charge in [-0.05, 0) is 74.9 Å². The molecule has 2 amide bonds. The number of hydrogen-bond acceptors (Lipinski definition) is 5. The summed E-state index contributed by atoms with van der Waals surface area (Å²) >= 11 is 12.6. The highest BCUT2D eigenvalue weighted by Gasteiger charge is 2.55. The number of carbonyl (C=O) groups is 3. The van der Waals surface area contributed by atoms with E-state index in [0.717, 1.165) is 12.0 Å². The maximum Gasteiger partial charge on any atom is 0.410 e. The molecule has 10 heteroatoms. The van der Waals surface area contributed by atoms with Crippen LogP contribution in [0, 0.1) is 5.41 Å². The highest BCUT2D eigenvalue weighted by atomic mass is 35.5. The quantitative estimate of drug-likeness (QED) is 0.376. The van der Waals surface area contributed by atoms with Gasteiger partial charge in [-0.25, -0.2) is 14.6 Å². The van der Waals surface area contributed by atoms with Crippen LogP contribution < -0.4 is 0 Å². The van der Waals surface area contributed by atoms with Crippen LogP contribution in [0.15, 0.2) is 47.5 Å². The van der Waals surface area contributed by atoms with Crippen LogP contribution in [0.2, 0.25) is 10.0 Å². The number of carboxylic acids is 1. The molecule has 2 aliphatic rings. The number of carbonyl (C=O) groups excluding carboxylic acids is 2. The number of benzene rings is 2. The third-order valence-corrected chi connectivity index (χ3v) is 7.66. The summed E-state index contributed by atoms with van der Waals surface area (Å²) in [6.07, 6.45) is 1.34. The zero-order valence-corrected chi connectivity index (χ0v) is 25.8. The zero-order chi connectivity index (χ0) is 30.3. The van der Waals surface area contributed by atoms with Gasteiger partial charge in [0, 0.05) is 28.6 Å². The number of rotatable bonds is 6. The van der Waals surface area contributed by atoms with Crippen LogP contribution in [0.3, 0.4) is 0 Å². The SMILES string of the molecule is CC(C)(C)CC[C@H](c1ccc(C(=O)O)cc1)N1C(=O)C(c2cc(Cl)cc(Cl)c2)=NC12CCN(C(=O)OC(C)(C)C)C2. The van der Waals surface area contributed by atoms with E-state index in [9.17, 15) is 19.5 Å². The summed E-state index contributed by atoms with van der Waals surface area (Å²) in [4.78, 5) is 47.4. The molecule has 1 N–H and O–H groups in total. The Morgan fingerprint density at radius 1 is 1.05 bits per heavy atom. The molecule has 0 bridgehead atoms. The van der Waals surface area contributed by atoms with Crippen LogP contribution in [0.5, 0.6) is 0 Å². The number of aromatic carboxylic acids is 1. The fourth-order valence-corrected chi connectivity index (χ4v) is 5.86. The van der Waals surface area contributed by atoms with Crippen LogP contribution in [0.4, 0.5) is 4.79 Å². The van der Waals surface area contributed by atoms with E-state index >= 15 is 0 Å². The van der Waals surface area contributed by atoms with Gasteiger partial charge in [-0.3, -0.25) is 4.79 Å². The van der Waals surface area contributed by atoms with Crippen LogP contribution in [0.25, 0.3) is 0 Å². The fourth-order valence-electron chi connectivity index (χ4n) is 5.33. The molecule has 2 aliphatic heterocycles. The molecule has 0 aromatic heterocycles. The normalized spacial score (nSPS) is 20.0. The average Bonchev–Trinajstić information content (AvgIpc) is 3.39. The smallest absolute Gasteiger partial charge is 0.410 e. The molecular formula is C31H37Cl2N3O5. The molecule has 1 saturated heterocycles. The Balaban J connectivity index is 1.82. The molecule has 0 radical (unpaired) electrons. The first-order valence-electron chi connectivity index (χ1n) is 13.7. The predicted octanol–water partition coefficient (Wildman–Crippen LogP) is 7.23. The Bertz CT molecular complexity index is 1360. The van der Waals surface area contributed by atoms with Gasteiger partial charge in [-0.15, -0.1) is 0 Å². The van der Waals surface area contributed by atoms with Gasteiger partial charge in [-0.1, -0.05) is 56.1 Å². The maximum atomic E-state index is 14.4. The summed E-state index contributed by atoms with van der Waals surface area (Å²) in [5.74, 6) is -1.32.